The van der Waals surface area contributed by atoms with Crippen LogP contribution in [0.5, 0.6) is 17.2 Å². The Morgan fingerprint density at radius 3 is 2.56 bits per heavy atom. The van der Waals surface area contributed by atoms with Gasteiger partial charge in [-0.15, -0.1) is 11.3 Å². The summed E-state index contributed by atoms with van der Waals surface area (Å²) in [6.45, 7) is 6.01. The first-order valence-corrected chi connectivity index (χ1v) is 10.9. The predicted octanol–water partition coefficient (Wildman–Crippen LogP) is 4.51. The zero-order valence-corrected chi connectivity index (χ0v) is 18.9. The summed E-state index contributed by atoms with van der Waals surface area (Å²) in [6.07, 6.45) is 1.47. The fraction of sp³-hybridized carbons (Fsp3) is 0.208. The van der Waals surface area contributed by atoms with E-state index >= 15 is 0 Å². The van der Waals surface area contributed by atoms with Crippen LogP contribution in [0.25, 0.3) is 0 Å². The number of thiophene rings is 1. The fourth-order valence-electron chi connectivity index (χ4n) is 2.82. The highest BCUT2D eigenvalue weighted by molar-refractivity contribution is 7.12. The van der Waals surface area contributed by atoms with Gasteiger partial charge in [-0.1, -0.05) is 23.8 Å². The molecule has 8 heteroatoms. The summed E-state index contributed by atoms with van der Waals surface area (Å²) in [5.41, 5.74) is 5.19. The van der Waals surface area contributed by atoms with Gasteiger partial charge in [0.2, 0.25) is 0 Å². The first-order chi connectivity index (χ1) is 15.5. The number of rotatable bonds is 9. The lowest BCUT2D eigenvalue weighted by Gasteiger charge is -2.11. The zero-order chi connectivity index (χ0) is 22.9. The largest absolute Gasteiger partial charge is 0.490 e. The average Bonchev–Trinajstić information content (AvgIpc) is 3.30. The highest BCUT2D eigenvalue weighted by atomic mass is 32.1. The van der Waals surface area contributed by atoms with Gasteiger partial charge in [0.1, 0.15) is 10.6 Å². The minimum absolute atomic E-state index is 0.150. The van der Waals surface area contributed by atoms with Gasteiger partial charge in [0, 0.05) is 0 Å². The van der Waals surface area contributed by atoms with Crippen molar-refractivity contribution >= 4 is 29.4 Å². The third kappa shape index (κ3) is 6.42. The van der Waals surface area contributed by atoms with Crippen molar-refractivity contribution in [2.45, 2.75) is 20.8 Å². The second kappa shape index (κ2) is 11.1. The molecule has 1 heterocycles. The molecule has 1 N–H and O–H groups in total. The van der Waals surface area contributed by atoms with Crippen molar-refractivity contribution in [3.63, 3.8) is 0 Å². The minimum atomic E-state index is -0.446. The number of esters is 1. The highest BCUT2D eigenvalue weighted by Crippen LogP contribution is 2.29. The number of amides is 1. The molecule has 7 nitrogen and oxygen atoms in total. The van der Waals surface area contributed by atoms with Gasteiger partial charge < -0.3 is 14.2 Å². The molecule has 0 aliphatic heterocycles. The zero-order valence-electron chi connectivity index (χ0n) is 18.1. The second-order valence-corrected chi connectivity index (χ2v) is 7.80. The molecule has 0 saturated carbocycles. The van der Waals surface area contributed by atoms with Gasteiger partial charge in [-0.2, -0.15) is 5.10 Å². The highest BCUT2D eigenvalue weighted by Gasteiger charge is 2.14. The van der Waals surface area contributed by atoms with E-state index in [0.29, 0.717) is 34.3 Å². The van der Waals surface area contributed by atoms with Crippen molar-refractivity contribution in [1.82, 2.24) is 5.43 Å². The summed E-state index contributed by atoms with van der Waals surface area (Å²) in [4.78, 5) is 24.7. The molecule has 166 valence electrons. The molecule has 32 heavy (non-hydrogen) atoms. The SMILES string of the molecule is CCOc1cc(/C=N\NC(=O)COc2ccc(C)cc2C)ccc1OC(=O)c1cccs1. The van der Waals surface area contributed by atoms with Crippen LogP contribution in [0.1, 0.15) is 33.3 Å². The Hall–Kier alpha value is -3.65. The number of benzene rings is 2. The Morgan fingerprint density at radius 2 is 1.84 bits per heavy atom. The van der Waals surface area contributed by atoms with Crippen LogP contribution in [0, 0.1) is 13.8 Å². The number of nitrogens with one attached hydrogen (secondary N) is 1. The Balaban J connectivity index is 1.58. The summed E-state index contributed by atoms with van der Waals surface area (Å²) >= 11 is 1.30. The smallest absolute Gasteiger partial charge is 0.353 e. The summed E-state index contributed by atoms with van der Waals surface area (Å²) in [5.74, 6) is 0.550. The molecule has 0 fully saturated rings. The quantitative estimate of drug-likeness (QED) is 0.223. The van der Waals surface area contributed by atoms with Crippen molar-refractivity contribution in [3.05, 3.63) is 75.5 Å². The fourth-order valence-corrected chi connectivity index (χ4v) is 3.42. The maximum atomic E-state index is 12.2. The standard InChI is InChI=1S/C24H24N2O5S/c1-4-29-21-13-18(8-10-20(21)31-24(28)22-6-5-11-32-22)14-25-26-23(27)15-30-19-9-7-16(2)12-17(19)3/h5-14H,4,15H2,1-3H3,(H,26,27)/b25-14-. The predicted molar refractivity (Wildman–Crippen MR) is 124 cm³/mol. The molecule has 2 aromatic carbocycles. The molecule has 3 rings (SSSR count). The van der Waals surface area contributed by atoms with E-state index < -0.39 is 5.97 Å². The van der Waals surface area contributed by atoms with Crippen LogP contribution >= 0.6 is 11.3 Å². The molecule has 0 aliphatic carbocycles. The average molecular weight is 453 g/mol. The number of hydrazone groups is 1. The Bertz CT molecular complexity index is 1110. The van der Waals surface area contributed by atoms with Crippen LogP contribution in [-0.4, -0.2) is 31.3 Å². The Labute approximate surface area is 190 Å². The number of hydrogen-bond acceptors (Lipinski definition) is 7. The number of hydrogen-bond donors (Lipinski definition) is 1. The third-order valence-electron chi connectivity index (χ3n) is 4.28. The van der Waals surface area contributed by atoms with Crippen molar-refractivity contribution in [1.29, 1.82) is 0 Å². The van der Waals surface area contributed by atoms with Gasteiger partial charge in [0.25, 0.3) is 5.91 Å². The number of carbonyl (C=O) groups excluding carboxylic acids is 2. The molecule has 1 amide bonds. The normalized spacial score (nSPS) is 10.7. The van der Waals surface area contributed by atoms with Gasteiger partial charge in [-0.3, -0.25) is 4.79 Å². The molecule has 0 atom stereocenters. The molecular formula is C24H24N2O5S. The lowest BCUT2D eigenvalue weighted by Crippen LogP contribution is -2.24. The molecule has 0 bridgehead atoms. The van der Waals surface area contributed by atoms with Crippen LogP contribution < -0.4 is 19.6 Å². The summed E-state index contributed by atoms with van der Waals surface area (Å²) in [5, 5.41) is 5.76. The van der Waals surface area contributed by atoms with Crippen molar-refractivity contribution in [3.8, 4) is 17.2 Å². The number of carbonyl (C=O) groups is 2. The molecule has 3 aromatic rings. The van der Waals surface area contributed by atoms with Gasteiger partial charge in [0.15, 0.2) is 18.1 Å². The number of nitrogens with zero attached hydrogens (tertiary/aromatic N) is 1. The maximum absolute atomic E-state index is 12.2. The third-order valence-corrected chi connectivity index (χ3v) is 5.13. The first-order valence-electron chi connectivity index (χ1n) is 10.0. The molecule has 0 aliphatic rings. The van der Waals surface area contributed by atoms with E-state index in [1.807, 2.05) is 39.0 Å². The van der Waals surface area contributed by atoms with Gasteiger partial charge >= 0.3 is 5.97 Å². The molecule has 0 spiro atoms. The van der Waals surface area contributed by atoms with E-state index in [1.165, 1.54) is 17.6 Å². The van der Waals surface area contributed by atoms with Crippen LogP contribution in [-0.2, 0) is 4.79 Å². The van der Waals surface area contributed by atoms with Gasteiger partial charge in [-0.05, 0) is 67.6 Å². The summed E-state index contributed by atoms with van der Waals surface area (Å²) in [7, 11) is 0. The van der Waals surface area contributed by atoms with Gasteiger partial charge in [-0.25, -0.2) is 10.2 Å². The number of ether oxygens (including phenoxy) is 3. The Morgan fingerprint density at radius 1 is 1.03 bits per heavy atom. The van der Waals surface area contributed by atoms with E-state index in [4.69, 9.17) is 14.2 Å². The number of aryl methyl sites for hydroxylation is 2. The van der Waals surface area contributed by atoms with Crippen molar-refractivity contribution < 1.29 is 23.8 Å². The van der Waals surface area contributed by atoms with E-state index in [9.17, 15) is 9.59 Å². The van der Waals surface area contributed by atoms with Crippen molar-refractivity contribution in [2.75, 3.05) is 13.2 Å². The van der Waals surface area contributed by atoms with Crippen LogP contribution in [0.2, 0.25) is 0 Å². The first kappa shape index (κ1) is 23.0. The van der Waals surface area contributed by atoms with E-state index in [-0.39, 0.29) is 12.5 Å². The van der Waals surface area contributed by atoms with Gasteiger partial charge in [0.05, 0.1) is 12.8 Å². The monoisotopic (exact) mass is 452 g/mol. The summed E-state index contributed by atoms with van der Waals surface area (Å²) < 4.78 is 16.6. The lowest BCUT2D eigenvalue weighted by atomic mass is 10.1. The molecule has 0 saturated heterocycles. The van der Waals surface area contributed by atoms with E-state index in [0.717, 1.165) is 11.1 Å². The van der Waals surface area contributed by atoms with E-state index in [1.54, 1.807) is 35.7 Å². The summed E-state index contributed by atoms with van der Waals surface area (Å²) in [6, 6.07) is 14.3. The van der Waals surface area contributed by atoms with Crippen molar-refractivity contribution in [2.24, 2.45) is 5.10 Å². The van der Waals surface area contributed by atoms with Crippen LogP contribution in [0.4, 0.5) is 0 Å². The maximum Gasteiger partial charge on any atom is 0.353 e. The second-order valence-electron chi connectivity index (χ2n) is 6.86. The molecule has 0 radical (unpaired) electrons. The Kier molecular flexibility index (Phi) is 7.99. The molecular weight excluding hydrogens is 428 g/mol. The molecule has 1 aromatic heterocycles. The minimum Gasteiger partial charge on any atom is -0.490 e. The topological polar surface area (TPSA) is 86.2 Å². The van der Waals surface area contributed by atoms with Crippen LogP contribution in [0.15, 0.2) is 59.0 Å². The van der Waals surface area contributed by atoms with E-state index in [2.05, 4.69) is 10.5 Å². The van der Waals surface area contributed by atoms with Crippen LogP contribution in [0.3, 0.4) is 0 Å². The lowest BCUT2D eigenvalue weighted by molar-refractivity contribution is -0.123. The molecule has 0 unspecified atom stereocenters.